The summed E-state index contributed by atoms with van der Waals surface area (Å²) in [5.41, 5.74) is 0.898. The smallest absolute Gasteiger partial charge is 0.307 e. The van der Waals surface area contributed by atoms with Crippen molar-refractivity contribution in [3.05, 3.63) is 30.1 Å². The number of hydrogen-bond donors (Lipinski definition) is 0. The molecule has 0 unspecified atom stereocenters. The molecule has 0 fully saturated rings. The first kappa shape index (κ1) is 15.1. The van der Waals surface area contributed by atoms with Crippen molar-refractivity contribution in [1.29, 1.82) is 0 Å². The molecule has 0 aromatic carbocycles. The Morgan fingerprint density at radius 3 is 2.74 bits per heavy atom. The van der Waals surface area contributed by atoms with E-state index < -0.39 is 0 Å². The summed E-state index contributed by atoms with van der Waals surface area (Å²) in [6, 6.07) is 5.64. The Kier molecular flexibility index (Phi) is 6.57. The average Bonchev–Trinajstić information content (AvgIpc) is 2.43. The van der Waals surface area contributed by atoms with Crippen LogP contribution in [0, 0.1) is 0 Å². The first-order valence-corrected chi connectivity index (χ1v) is 6.43. The van der Waals surface area contributed by atoms with Gasteiger partial charge in [0.05, 0.1) is 13.0 Å². The number of esters is 1. The van der Waals surface area contributed by atoms with Gasteiger partial charge in [0.2, 0.25) is 5.91 Å². The molecule has 0 spiro atoms. The number of ether oxygens (including phenoxy) is 1. The summed E-state index contributed by atoms with van der Waals surface area (Å²) in [5.74, 6) is -0.262. The normalized spacial score (nSPS) is 10.0. The maximum atomic E-state index is 11.8. The van der Waals surface area contributed by atoms with Crippen LogP contribution in [-0.2, 0) is 20.7 Å². The van der Waals surface area contributed by atoms with Crippen molar-refractivity contribution < 1.29 is 14.3 Å². The van der Waals surface area contributed by atoms with Crippen molar-refractivity contribution in [2.75, 3.05) is 20.2 Å². The fourth-order valence-electron chi connectivity index (χ4n) is 1.59. The average molecular weight is 264 g/mol. The number of rotatable bonds is 7. The molecule has 0 aliphatic heterocycles. The second kappa shape index (κ2) is 8.24. The van der Waals surface area contributed by atoms with Gasteiger partial charge in [-0.1, -0.05) is 6.07 Å². The van der Waals surface area contributed by atoms with Crippen LogP contribution in [-0.4, -0.2) is 42.0 Å². The highest BCUT2D eigenvalue weighted by molar-refractivity contribution is 5.77. The van der Waals surface area contributed by atoms with E-state index in [1.165, 1.54) is 0 Å². The van der Waals surface area contributed by atoms with Crippen molar-refractivity contribution in [3.63, 3.8) is 0 Å². The molecular formula is C14H20N2O3. The topological polar surface area (TPSA) is 59.5 Å². The SMILES string of the molecule is CCOC(=O)CCN(C)C(=O)CCc1ccccn1. The van der Waals surface area contributed by atoms with Gasteiger partial charge >= 0.3 is 5.97 Å². The van der Waals surface area contributed by atoms with Crippen molar-refractivity contribution in [1.82, 2.24) is 9.88 Å². The van der Waals surface area contributed by atoms with E-state index in [9.17, 15) is 9.59 Å². The van der Waals surface area contributed by atoms with Crippen molar-refractivity contribution in [3.8, 4) is 0 Å². The van der Waals surface area contributed by atoms with Crippen LogP contribution in [0.15, 0.2) is 24.4 Å². The number of hydrogen-bond acceptors (Lipinski definition) is 4. The van der Waals surface area contributed by atoms with Gasteiger partial charge in [0.15, 0.2) is 0 Å². The van der Waals surface area contributed by atoms with Crippen LogP contribution in [0.4, 0.5) is 0 Å². The molecule has 1 aromatic rings. The summed E-state index contributed by atoms with van der Waals surface area (Å²) in [6.45, 7) is 2.52. The van der Waals surface area contributed by atoms with Gasteiger partial charge in [-0.05, 0) is 25.5 Å². The van der Waals surface area contributed by atoms with E-state index in [2.05, 4.69) is 4.98 Å². The second-order valence-corrected chi connectivity index (χ2v) is 4.19. The lowest BCUT2D eigenvalue weighted by Gasteiger charge is -2.16. The van der Waals surface area contributed by atoms with Crippen LogP contribution < -0.4 is 0 Å². The number of aromatic nitrogens is 1. The molecule has 0 saturated carbocycles. The Balaban J connectivity index is 2.27. The van der Waals surface area contributed by atoms with Crippen molar-refractivity contribution in [2.24, 2.45) is 0 Å². The van der Waals surface area contributed by atoms with Gasteiger partial charge in [-0.15, -0.1) is 0 Å². The zero-order chi connectivity index (χ0) is 14.1. The molecular weight excluding hydrogens is 244 g/mol. The summed E-state index contributed by atoms with van der Waals surface area (Å²) >= 11 is 0. The van der Waals surface area contributed by atoms with Gasteiger partial charge in [-0.2, -0.15) is 0 Å². The standard InChI is InChI=1S/C14H20N2O3/c1-3-19-14(18)9-11-16(2)13(17)8-7-12-6-4-5-10-15-12/h4-6,10H,3,7-9,11H2,1-2H3. The van der Waals surface area contributed by atoms with Crippen LogP contribution in [0.5, 0.6) is 0 Å². The third kappa shape index (κ3) is 5.99. The molecule has 0 bridgehead atoms. The molecule has 0 N–H and O–H groups in total. The minimum atomic E-state index is -0.271. The molecule has 19 heavy (non-hydrogen) atoms. The van der Waals surface area contributed by atoms with Crippen molar-refractivity contribution >= 4 is 11.9 Å². The monoisotopic (exact) mass is 264 g/mol. The summed E-state index contributed by atoms with van der Waals surface area (Å²) in [4.78, 5) is 28.7. The number of amides is 1. The molecule has 5 nitrogen and oxygen atoms in total. The van der Waals surface area contributed by atoms with Gasteiger partial charge in [-0.25, -0.2) is 0 Å². The maximum absolute atomic E-state index is 11.8. The molecule has 1 aromatic heterocycles. The molecule has 1 rings (SSSR count). The first-order valence-electron chi connectivity index (χ1n) is 6.43. The molecule has 0 aliphatic rings. The van der Waals surface area contributed by atoms with Gasteiger partial charge in [0, 0.05) is 31.9 Å². The van der Waals surface area contributed by atoms with Gasteiger partial charge < -0.3 is 9.64 Å². The molecule has 0 saturated heterocycles. The molecule has 0 aliphatic carbocycles. The lowest BCUT2D eigenvalue weighted by atomic mass is 10.2. The quantitative estimate of drug-likeness (QED) is 0.699. The fourth-order valence-corrected chi connectivity index (χ4v) is 1.59. The predicted octanol–water partition coefficient (Wildman–Crippen LogP) is 1.43. The Labute approximate surface area is 113 Å². The number of pyridine rings is 1. The molecule has 1 heterocycles. The van der Waals surface area contributed by atoms with E-state index >= 15 is 0 Å². The highest BCUT2D eigenvalue weighted by atomic mass is 16.5. The van der Waals surface area contributed by atoms with Crippen LogP contribution in [0.3, 0.4) is 0 Å². The minimum absolute atomic E-state index is 0.00921. The number of nitrogens with zero attached hydrogens (tertiary/aromatic N) is 2. The molecule has 1 amide bonds. The summed E-state index contributed by atoms with van der Waals surface area (Å²) in [6.07, 6.45) is 2.96. The second-order valence-electron chi connectivity index (χ2n) is 4.19. The summed E-state index contributed by atoms with van der Waals surface area (Å²) in [7, 11) is 1.69. The van der Waals surface area contributed by atoms with E-state index in [-0.39, 0.29) is 18.3 Å². The van der Waals surface area contributed by atoms with E-state index in [0.29, 0.717) is 26.0 Å². The van der Waals surface area contributed by atoms with Crippen LogP contribution in [0.1, 0.15) is 25.5 Å². The Hall–Kier alpha value is -1.91. The van der Waals surface area contributed by atoms with E-state index in [1.807, 2.05) is 18.2 Å². The Morgan fingerprint density at radius 1 is 1.32 bits per heavy atom. The van der Waals surface area contributed by atoms with E-state index in [0.717, 1.165) is 5.69 Å². The molecule has 0 radical (unpaired) electrons. The number of carbonyl (C=O) groups is 2. The molecule has 104 valence electrons. The third-order valence-corrected chi connectivity index (χ3v) is 2.70. The lowest BCUT2D eigenvalue weighted by molar-refractivity contribution is -0.143. The first-order chi connectivity index (χ1) is 9.13. The van der Waals surface area contributed by atoms with E-state index in [1.54, 1.807) is 25.1 Å². The fraction of sp³-hybridized carbons (Fsp3) is 0.500. The van der Waals surface area contributed by atoms with Crippen LogP contribution in [0.25, 0.3) is 0 Å². The zero-order valence-corrected chi connectivity index (χ0v) is 11.5. The molecule has 5 heteroatoms. The summed E-state index contributed by atoms with van der Waals surface area (Å²) in [5, 5.41) is 0. The highest BCUT2D eigenvalue weighted by Crippen LogP contribution is 2.02. The number of aryl methyl sites for hydroxylation is 1. The largest absolute Gasteiger partial charge is 0.466 e. The van der Waals surface area contributed by atoms with Crippen molar-refractivity contribution in [2.45, 2.75) is 26.2 Å². The van der Waals surface area contributed by atoms with Gasteiger partial charge in [0.1, 0.15) is 0 Å². The third-order valence-electron chi connectivity index (χ3n) is 2.70. The minimum Gasteiger partial charge on any atom is -0.466 e. The predicted molar refractivity (Wildman–Crippen MR) is 71.4 cm³/mol. The Bertz CT molecular complexity index is 406. The van der Waals surface area contributed by atoms with Crippen LogP contribution in [0.2, 0.25) is 0 Å². The van der Waals surface area contributed by atoms with E-state index in [4.69, 9.17) is 4.74 Å². The Morgan fingerprint density at radius 2 is 2.11 bits per heavy atom. The van der Waals surface area contributed by atoms with Gasteiger partial charge in [-0.3, -0.25) is 14.6 Å². The van der Waals surface area contributed by atoms with Crippen LogP contribution >= 0.6 is 0 Å². The van der Waals surface area contributed by atoms with Gasteiger partial charge in [0.25, 0.3) is 0 Å². The zero-order valence-electron chi connectivity index (χ0n) is 11.5. The lowest BCUT2D eigenvalue weighted by Crippen LogP contribution is -2.29. The maximum Gasteiger partial charge on any atom is 0.307 e. The number of carbonyl (C=O) groups excluding carboxylic acids is 2. The molecule has 0 atom stereocenters. The highest BCUT2D eigenvalue weighted by Gasteiger charge is 2.11. The summed E-state index contributed by atoms with van der Waals surface area (Å²) < 4.78 is 4.81.